The van der Waals surface area contributed by atoms with Crippen molar-refractivity contribution in [3.8, 4) is 0 Å². The average molecular weight is 368 g/mol. The molecule has 6 heteroatoms. The minimum absolute atomic E-state index is 0.186. The number of benzene rings is 2. The minimum Gasteiger partial charge on any atom is -0.465 e. The monoisotopic (exact) mass is 368 g/mol. The number of thiazole rings is 1. The van der Waals surface area contributed by atoms with Gasteiger partial charge in [0, 0.05) is 7.05 Å². The van der Waals surface area contributed by atoms with Gasteiger partial charge in [0.2, 0.25) is 0 Å². The molecule has 0 fully saturated rings. The van der Waals surface area contributed by atoms with Crippen LogP contribution in [0, 0.1) is 13.8 Å². The van der Waals surface area contributed by atoms with E-state index in [4.69, 9.17) is 4.74 Å². The maximum Gasteiger partial charge on any atom is 0.337 e. The highest BCUT2D eigenvalue weighted by Crippen LogP contribution is 2.19. The van der Waals surface area contributed by atoms with Gasteiger partial charge >= 0.3 is 5.97 Å². The summed E-state index contributed by atoms with van der Waals surface area (Å²) in [6.07, 6.45) is 0.273. The lowest BCUT2D eigenvalue weighted by Crippen LogP contribution is -2.14. The van der Waals surface area contributed by atoms with Crippen molar-refractivity contribution in [3.05, 3.63) is 63.5 Å². The molecule has 0 atom stereocenters. The zero-order chi connectivity index (χ0) is 18.8. The first-order valence-corrected chi connectivity index (χ1v) is 9.02. The Labute approximate surface area is 155 Å². The van der Waals surface area contributed by atoms with E-state index in [1.54, 1.807) is 12.1 Å². The third-order valence-electron chi connectivity index (χ3n) is 4.30. The topological polar surface area (TPSA) is 60.7 Å². The molecule has 0 N–H and O–H groups in total. The predicted octanol–water partition coefficient (Wildman–Crippen LogP) is 3.31. The van der Waals surface area contributed by atoms with E-state index >= 15 is 0 Å². The molecule has 1 amide bonds. The highest BCUT2D eigenvalue weighted by molar-refractivity contribution is 7.16. The van der Waals surface area contributed by atoms with E-state index in [0.29, 0.717) is 10.4 Å². The first-order chi connectivity index (χ1) is 12.4. The molecule has 0 bridgehead atoms. The molecule has 0 saturated heterocycles. The molecule has 0 aliphatic heterocycles. The quantitative estimate of drug-likeness (QED) is 0.667. The summed E-state index contributed by atoms with van der Waals surface area (Å²) < 4.78 is 7.50. The van der Waals surface area contributed by atoms with E-state index in [1.165, 1.54) is 18.4 Å². The fourth-order valence-electron chi connectivity index (χ4n) is 2.79. The van der Waals surface area contributed by atoms with E-state index < -0.39 is 0 Å². The summed E-state index contributed by atoms with van der Waals surface area (Å²) in [5.41, 5.74) is 4.61. The maximum absolute atomic E-state index is 12.4. The molecule has 0 unspecified atom stereocenters. The number of aryl methyl sites for hydroxylation is 3. The van der Waals surface area contributed by atoms with Crippen molar-refractivity contribution < 1.29 is 14.3 Å². The molecule has 26 heavy (non-hydrogen) atoms. The van der Waals surface area contributed by atoms with Gasteiger partial charge in [-0.15, -0.1) is 0 Å². The van der Waals surface area contributed by atoms with Crippen LogP contribution in [0.2, 0.25) is 0 Å². The lowest BCUT2D eigenvalue weighted by atomic mass is 10.0. The standard InChI is InChI=1S/C20H20N2O3S/c1-12-5-6-13(2)15(9-12)11-18(23)21-20-22(3)16-8-7-14(19(24)25-4)10-17(16)26-20/h5-10H,11H2,1-4H3. The van der Waals surface area contributed by atoms with Crippen LogP contribution in [0.25, 0.3) is 10.2 Å². The van der Waals surface area contributed by atoms with Crippen LogP contribution in [0.4, 0.5) is 0 Å². The molecule has 3 rings (SSSR count). The highest BCUT2D eigenvalue weighted by atomic mass is 32.1. The van der Waals surface area contributed by atoms with Gasteiger partial charge in [0.25, 0.3) is 5.91 Å². The van der Waals surface area contributed by atoms with E-state index in [-0.39, 0.29) is 18.3 Å². The van der Waals surface area contributed by atoms with Crippen LogP contribution < -0.4 is 4.80 Å². The van der Waals surface area contributed by atoms with Crippen molar-refractivity contribution in [2.75, 3.05) is 7.11 Å². The number of hydrogen-bond donors (Lipinski definition) is 0. The smallest absolute Gasteiger partial charge is 0.337 e. The van der Waals surface area contributed by atoms with Crippen molar-refractivity contribution >= 4 is 33.4 Å². The molecule has 0 spiro atoms. The van der Waals surface area contributed by atoms with Gasteiger partial charge in [-0.1, -0.05) is 35.1 Å². The Morgan fingerprint density at radius 3 is 2.65 bits per heavy atom. The molecule has 0 radical (unpaired) electrons. The normalized spacial score (nSPS) is 11.8. The minimum atomic E-state index is -0.382. The molecule has 0 aliphatic rings. The largest absolute Gasteiger partial charge is 0.465 e. The van der Waals surface area contributed by atoms with Gasteiger partial charge in [-0.05, 0) is 43.2 Å². The second kappa shape index (κ2) is 7.25. The van der Waals surface area contributed by atoms with Crippen LogP contribution in [0.1, 0.15) is 27.0 Å². The van der Waals surface area contributed by atoms with Gasteiger partial charge in [-0.2, -0.15) is 4.99 Å². The lowest BCUT2D eigenvalue weighted by molar-refractivity contribution is -0.117. The molecule has 0 aliphatic carbocycles. The number of amides is 1. The van der Waals surface area contributed by atoms with Crippen molar-refractivity contribution in [1.82, 2.24) is 4.57 Å². The van der Waals surface area contributed by atoms with Gasteiger partial charge in [0.1, 0.15) is 0 Å². The number of carbonyl (C=O) groups is 2. The molecule has 5 nitrogen and oxygen atoms in total. The summed E-state index contributed by atoms with van der Waals surface area (Å²) in [4.78, 5) is 29.0. The van der Waals surface area contributed by atoms with Crippen LogP contribution in [0.15, 0.2) is 41.4 Å². The van der Waals surface area contributed by atoms with Crippen LogP contribution in [0.3, 0.4) is 0 Å². The van der Waals surface area contributed by atoms with Gasteiger partial charge in [0.05, 0.1) is 29.3 Å². The number of esters is 1. The lowest BCUT2D eigenvalue weighted by Gasteiger charge is -2.04. The Morgan fingerprint density at radius 2 is 1.92 bits per heavy atom. The van der Waals surface area contributed by atoms with Crippen molar-refractivity contribution in [3.63, 3.8) is 0 Å². The van der Waals surface area contributed by atoms with Gasteiger partial charge in [-0.3, -0.25) is 4.79 Å². The number of ether oxygens (including phenoxy) is 1. The second-order valence-corrected chi connectivity index (χ2v) is 7.24. The Bertz CT molecular complexity index is 1080. The summed E-state index contributed by atoms with van der Waals surface area (Å²) >= 11 is 1.38. The number of methoxy groups -OCH3 is 1. The van der Waals surface area contributed by atoms with Crippen LogP contribution in [-0.2, 0) is 23.0 Å². The summed E-state index contributed by atoms with van der Waals surface area (Å²) in [5, 5.41) is 0. The second-order valence-electron chi connectivity index (χ2n) is 6.23. The fourth-order valence-corrected chi connectivity index (χ4v) is 3.86. The SMILES string of the molecule is COC(=O)c1ccc2c(c1)sc(=NC(=O)Cc1cc(C)ccc1C)n2C. The summed E-state index contributed by atoms with van der Waals surface area (Å²) in [6, 6.07) is 11.4. The number of hydrogen-bond acceptors (Lipinski definition) is 4. The molecular formula is C20H20N2O3S. The number of fused-ring (bicyclic) bond motifs is 1. The van der Waals surface area contributed by atoms with Crippen LogP contribution in [0.5, 0.6) is 0 Å². The number of rotatable bonds is 3. The van der Waals surface area contributed by atoms with Gasteiger partial charge in [-0.25, -0.2) is 4.79 Å². The highest BCUT2D eigenvalue weighted by Gasteiger charge is 2.11. The third kappa shape index (κ3) is 3.60. The number of nitrogens with zero attached hydrogens (tertiary/aromatic N) is 2. The fraction of sp³-hybridized carbons (Fsp3) is 0.250. The van der Waals surface area contributed by atoms with E-state index in [9.17, 15) is 9.59 Å². The molecule has 0 saturated carbocycles. The van der Waals surface area contributed by atoms with Crippen molar-refractivity contribution in [1.29, 1.82) is 0 Å². The van der Waals surface area contributed by atoms with E-state index in [2.05, 4.69) is 4.99 Å². The summed E-state index contributed by atoms with van der Waals surface area (Å²) in [7, 11) is 3.22. The zero-order valence-corrected chi connectivity index (χ0v) is 16.0. The molecule has 134 valence electrons. The van der Waals surface area contributed by atoms with Crippen molar-refractivity contribution in [2.24, 2.45) is 12.0 Å². The first-order valence-electron chi connectivity index (χ1n) is 8.20. The molecular weight excluding hydrogens is 348 g/mol. The van der Waals surface area contributed by atoms with Gasteiger partial charge < -0.3 is 9.30 Å². The molecule has 2 aromatic carbocycles. The van der Waals surface area contributed by atoms with Crippen molar-refractivity contribution in [2.45, 2.75) is 20.3 Å². The van der Waals surface area contributed by atoms with E-state index in [1.807, 2.05) is 49.7 Å². The number of carbonyl (C=O) groups excluding carboxylic acids is 2. The maximum atomic E-state index is 12.4. The van der Waals surface area contributed by atoms with Gasteiger partial charge in [0.15, 0.2) is 4.80 Å². The third-order valence-corrected chi connectivity index (χ3v) is 5.39. The molecule has 1 heterocycles. The van der Waals surface area contributed by atoms with E-state index in [0.717, 1.165) is 26.9 Å². The zero-order valence-electron chi connectivity index (χ0n) is 15.2. The Morgan fingerprint density at radius 1 is 1.15 bits per heavy atom. The Hall–Kier alpha value is -2.73. The first kappa shape index (κ1) is 18.1. The predicted molar refractivity (Wildman–Crippen MR) is 102 cm³/mol. The summed E-state index contributed by atoms with van der Waals surface area (Å²) in [5.74, 6) is -0.568. The van der Waals surface area contributed by atoms with Crippen LogP contribution in [-0.4, -0.2) is 23.6 Å². The number of aromatic nitrogens is 1. The Balaban J connectivity index is 1.96. The molecule has 1 aromatic heterocycles. The summed E-state index contributed by atoms with van der Waals surface area (Å²) in [6.45, 7) is 4.01. The average Bonchev–Trinajstić information content (AvgIpc) is 2.92. The Kier molecular flexibility index (Phi) is 5.04. The van der Waals surface area contributed by atoms with Crippen LogP contribution >= 0.6 is 11.3 Å². The molecule has 3 aromatic rings.